The summed E-state index contributed by atoms with van der Waals surface area (Å²) in [6.45, 7) is 6.45. The van der Waals surface area contributed by atoms with Crippen LogP contribution in [0.2, 0.25) is 5.28 Å². The fraction of sp³-hybridized carbons (Fsp3) is 0.444. The molecule has 1 aromatic carbocycles. The van der Waals surface area contributed by atoms with Crippen molar-refractivity contribution in [2.75, 3.05) is 30.5 Å². The topological polar surface area (TPSA) is 134 Å². The Bertz CT molecular complexity index is 937. The highest BCUT2D eigenvalue weighted by Crippen LogP contribution is 2.24. The Labute approximate surface area is 176 Å². The van der Waals surface area contributed by atoms with Crippen molar-refractivity contribution in [1.29, 1.82) is 4.78 Å². The molecule has 0 saturated carbocycles. The van der Waals surface area contributed by atoms with E-state index >= 15 is 0 Å². The minimum Gasteiger partial charge on any atom is -0.398 e. The van der Waals surface area contributed by atoms with Gasteiger partial charge in [-0.3, -0.25) is 0 Å². The molecule has 0 amide bonds. The van der Waals surface area contributed by atoms with Crippen LogP contribution in [-0.4, -0.2) is 38.5 Å². The van der Waals surface area contributed by atoms with Crippen LogP contribution in [0.4, 0.5) is 17.2 Å². The average Bonchev–Trinajstić information content (AvgIpc) is 2.70. The summed E-state index contributed by atoms with van der Waals surface area (Å²) in [7, 11) is -1.87. The van der Waals surface area contributed by atoms with Crippen molar-refractivity contribution >= 4 is 38.5 Å². The van der Waals surface area contributed by atoms with Gasteiger partial charge in [0.25, 0.3) is 4.92 Å². The summed E-state index contributed by atoms with van der Waals surface area (Å²) < 4.78 is 20.9. The molecule has 0 spiro atoms. The van der Waals surface area contributed by atoms with E-state index in [-0.39, 0.29) is 32.2 Å². The lowest BCUT2D eigenvalue weighted by molar-refractivity contribution is -0.736. The molecule has 1 unspecified atom stereocenters. The molecule has 0 aliphatic rings. The standard InChI is InChI=1S/C16H22ClN6O3S.C2H6/c1-11-10-21-16(17)22-15(11)20-5-3-4-6-27(19,25)14-8-12(18)7-13(9-14)23(24)26-2;1-2/h7-10,19H,3-6,18H2,1-2H3,(H,20,21,22);1-2H3/q+1;. The zero-order chi connectivity index (χ0) is 22.0. The molecule has 4 N–H and O–H groups in total. The van der Waals surface area contributed by atoms with E-state index in [0.29, 0.717) is 25.2 Å². The van der Waals surface area contributed by atoms with Crippen LogP contribution in [0.15, 0.2) is 29.3 Å². The number of hydrogen-bond acceptors (Lipinski definition) is 8. The Kier molecular flexibility index (Phi) is 9.76. The van der Waals surface area contributed by atoms with E-state index in [9.17, 15) is 9.12 Å². The van der Waals surface area contributed by atoms with Gasteiger partial charge in [-0.05, 0) is 37.4 Å². The first kappa shape index (κ1) is 24.6. The quantitative estimate of drug-likeness (QED) is 0.227. The van der Waals surface area contributed by atoms with Gasteiger partial charge in [0.15, 0.2) is 7.11 Å². The van der Waals surface area contributed by atoms with Gasteiger partial charge in [-0.2, -0.15) is 0 Å². The van der Waals surface area contributed by atoms with Crippen molar-refractivity contribution in [3.63, 3.8) is 0 Å². The van der Waals surface area contributed by atoms with E-state index in [1.807, 2.05) is 20.8 Å². The molecule has 1 aromatic heterocycles. The summed E-state index contributed by atoms with van der Waals surface area (Å²) >= 11 is 5.77. The third-order valence-corrected chi connectivity index (χ3v) is 5.81. The Morgan fingerprint density at radius 2 is 2.00 bits per heavy atom. The van der Waals surface area contributed by atoms with Crippen LogP contribution in [0.5, 0.6) is 0 Å². The number of hydrogen-bond donors (Lipinski definition) is 3. The van der Waals surface area contributed by atoms with Gasteiger partial charge in [-0.1, -0.05) is 13.8 Å². The van der Waals surface area contributed by atoms with Gasteiger partial charge < -0.3 is 11.1 Å². The van der Waals surface area contributed by atoms with Gasteiger partial charge in [-0.15, -0.1) is 0 Å². The predicted octanol–water partition coefficient (Wildman–Crippen LogP) is 4.32. The van der Waals surface area contributed by atoms with Crippen LogP contribution < -0.4 is 11.1 Å². The number of rotatable bonds is 9. The van der Waals surface area contributed by atoms with Crippen LogP contribution in [0, 0.1) is 16.6 Å². The molecule has 11 heteroatoms. The third-order valence-electron chi connectivity index (χ3n) is 3.76. The van der Waals surface area contributed by atoms with Crippen molar-refractivity contribution in [2.24, 2.45) is 0 Å². The normalized spacial score (nSPS) is 12.3. The first-order valence-corrected chi connectivity index (χ1v) is 11.2. The summed E-state index contributed by atoms with van der Waals surface area (Å²) in [5.41, 5.74) is 6.97. The number of nitrogens with zero attached hydrogens (tertiary/aromatic N) is 3. The molecule has 29 heavy (non-hydrogen) atoms. The predicted molar refractivity (Wildman–Crippen MR) is 116 cm³/mol. The van der Waals surface area contributed by atoms with Gasteiger partial charge >= 0.3 is 5.69 Å². The van der Waals surface area contributed by atoms with Crippen LogP contribution in [0.25, 0.3) is 0 Å². The van der Waals surface area contributed by atoms with Crippen molar-refractivity contribution in [3.05, 3.63) is 40.2 Å². The second kappa shape index (κ2) is 11.5. The first-order valence-electron chi connectivity index (χ1n) is 9.14. The number of nitrogen functional groups attached to an aromatic ring is 1. The maximum Gasteiger partial charge on any atom is 0.320 e. The summed E-state index contributed by atoms with van der Waals surface area (Å²) in [5, 5.41) is 3.31. The summed E-state index contributed by atoms with van der Waals surface area (Å²) in [6, 6.07) is 4.22. The number of nitrogens with two attached hydrogens (primary N) is 1. The molecule has 1 heterocycles. The molecule has 0 aliphatic carbocycles. The van der Waals surface area contributed by atoms with Crippen LogP contribution in [-0.2, 0) is 14.6 Å². The molecule has 2 rings (SSSR count). The maximum absolute atomic E-state index is 12.7. The second-order valence-corrected chi connectivity index (χ2v) is 8.45. The monoisotopic (exact) mass is 443 g/mol. The largest absolute Gasteiger partial charge is 0.398 e. The van der Waals surface area contributed by atoms with Gasteiger partial charge in [0.1, 0.15) is 5.82 Å². The zero-order valence-electron chi connectivity index (χ0n) is 17.1. The average molecular weight is 444 g/mol. The molecule has 160 valence electrons. The smallest absolute Gasteiger partial charge is 0.320 e. The molecule has 0 radical (unpaired) electrons. The summed E-state index contributed by atoms with van der Waals surface area (Å²) in [6.07, 6.45) is 2.85. The van der Waals surface area contributed by atoms with Gasteiger partial charge in [0, 0.05) is 41.9 Å². The molecule has 0 aliphatic heterocycles. The molecule has 2 aromatic rings. The minimum atomic E-state index is -3.08. The Hall–Kier alpha value is -2.46. The van der Waals surface area contributed by atoms with Crippen molar-refractivity contribution in [2.45, 2.75) is 38.5 Å². The highest BCUT2D eigenvalue weighted by molar-refractivity contribution is 7.92. The van der Waals surface area contributed by atoms with E-state index in [4.69, 9.17) is 22.1 Å². The number of aryl methyl sites for hydroxylation is 1. The van der Waals surface area contributed by atoms with Gasteiger partial charge in [0.2, 0.25) is 5.28 Å². The van der Waals surface area contributed by atoms with Crippen molar-refractivity contribution < 1.29 is 14.0 Å². The Morgan fingerprint density at radius 3 is 2.66 bits per heavy atom. The molecular formula is C18H28ClN6O3S+. The maximum atomic E-state index is 12.7. The van der Waals surface area contributed by atoms with E-state index in [1.54, 1.807) is 6.20 Å². The van der Waals surface area contributed by atoms with Crippen LogP contribution in [0.3, 0.4) is 0 Å². The van der Waals surface area contributed by atoms with Gasteiger partial charge in [-0.25, -0.2) is 23.8 Å². The Balaban J connectivity index is 0.00000204. The third kappa shape index (κ3) is 7.47. The zero-order valence-corrected chi connectivity index (χ0v) is 18.6. The number of benzene rings is 1. The fourth-order valence-corrected chi connectivity index (χ4v) is 3.98. The molecule has 9 nitrogen and oxygen atoms in total. The SMILES string of the molecule is CC.CO[N+](=O)c1cc(N)cc(S(=N)(=O)CCCCNc2nc(Cl)ncc2C)c1. The lowest BCUT2D eigenvalue weighted by Crippen LogP contribution is -2.10. The van der Waals surface area contributed by atoms with Crippen LogP contribution in [0.1, 0.15) is 32.3 Å². The van der Waals surface area contributed by atoms with E-state index in [1.165, 1.54) is 25.3 Å². The molecule has 0 bridgehead atoms. The van der Waals surface area contributed by atoms with E-state index in [2.05, 4.69) is 20.1 Å². The number of aromatic nitrogens is 2. The highest BCUT2D eigenvalue weighted by Gasteiger charge is 2.20. The lowest BCUT2D eigenvalue weighted by Gasteiger charge is -2.10. The van der Waals surface area contributed by atoms with Crippen LogP contribution >= 0.6 is 11.6 Å². The molecule has 0 fully saturated rings. The van der Waals surface area contributed by atoms with E-state index < -0.39 is 9.73 Å². The fourth-order valence-electron chi connectivity index (χ4n) is 2.36. The molecular weight excluding hydrogens is 416 g/mol. The molecule has 0 saturated heterocycles. The first-order chi connectivity index (χ1) is 13.7. The minimum absolute atomic E-state index is 0.102. The Morgan fingerprint density at radius 1 is 1.31 bits per heavy atom. The van der Waals surface area contributed by atoms with Crippen molar-refractivity contribution in [1.82, 2.24) is 9.97 Å². The number of unbranched alkanes of at least 4 members (excludes halogenated alkanes) is 1. The number of nitrogens with one attached hydrogen (secondary N) is 2. The lowest BCUT2D eigenvalue weighted by atomic mass is 10.3. The van der Waals surface area contributed by atoms with E-state index in [0.717, 1.165) is 5.56 Å². The summed E-state index contributed by atoms with van der Waals surface area (Å²) in [4.78, 5) is 24.6. The number of anilines is 2. The highest BCUT2D eigenvalue weighted by atomic mass is 35.5. The molecule has 1 atom stereocenters. The second-order valence-electron chi connectivity index (χ2n) is 5.88. The van der Waals surface area contributed by atoms with Gasteiger partial charge in [0.05, 0.1) is 19.5 Å². The van der Waals surface area contributed by atoms with Crippen molar-refractivity contribution in [3.8, 4) is 0 Å². The summed E-state index contributed by atoms with van der Waals surface area (Å²) in [5.74, 6) is 0.796. The number of halogens is 1.